The summed E-state index contributed by atoms with van der Waals surface area (Å²) in [5.41, 5.74) is -0.0948. The van der Waals surface area contributed by atoms with Gasteiger partial charge in [0.05, 0.1) is 0 Å². The number of aromatic amines is 1. The van der Waals surface area contributed by atoms with E-state index in [9.17, 15) is 9.18 Å². The molecule has 0 radical (unpaired) electrons. The van der Waals surface area contributed by atoms with Gasteiger partial charge < -0.3 is 9.40 Å². The van der Waals surface area contributed by atoms with Crippen LogP contribution >= 0.6 is 0 Å². The van der Waals surface area contributed by atoms with E-state index < -0.39 is 5.82 Å². The van der Waals surface area contributed by atoms with Gasteiger partial charge in [-0.25, -0.2) is 9.37 Å². The predicted octanol–water partition coefficient (Wildman–Crippen LogP) is 2.32. The fourth-order valence-electron chi connectivity index (χ4n) is 1.67. The molecular weight excluding hydrogens is 223 g/mol. The zero-order valence-corrected chi connectivity index (χ0v) is 8.61. The molecule has 0 fully saturated rings. The quantitative estimate of drug-likeness (QED) is 0.697. The van der Waals surface area contributed by atoms with Crippen molar-refractivity contribution < 1.29 is 8.81 Å². The largest absolute Gasteiger partial charge is 0.451 e. The molecule has 0 unspecified atom stereocenters. The van der Waals surface area contributed by atoms with Gasteiger partial charge in [-0.2, -0.15) is 0 Å². The number of nitrogens with one attached hydrogen (secondary N) is 1. The minimum absolute atomic E-state index is 0.132. The maximum Gasteiger partial charge on any atom is 0.277 e. The van der Waals surface area contributed by atoms with E-state index in [-0.39, 0.29) is 22.6 Å². The van der Waals surface area contributed by atoms with Crippen molar-refractivity contribution in [3.8, 4) is 11.5 Å². The number of nitrogens with zero attached hydrogens (tertiary/aromatic N) is 1. The molecule has 0 saturated heterocycles. The molecule has 0 amide bonds. The first-order valence-electron chi connectivity index (χ1n) is 4.98. The average Bonchev–Trinajstić information content (AvgIpc) is 2.75. The Hall–Kier alpha value is -2.43. The van der Waals surface area contributed by atoms with Gasteiger partial charge in [-0.3, -0.25) is 4.79 Å². The summed E-state index contributed by atoms with van der Waals surface area (Å²) in [5.74, 6) is -0.201. The highest BCUT2D eigenvalue weighted by Gasteiger charge is 2.12. The number of fused-ring (bicyclic) bond motifs is 1. The average molecular weight is 230 g/mol. The number of hydrogen-bond acceptors (Lipinski definition) is 3. The Balaban J connectivity index is 2.30. The molecule has 5 heteroatoms. The molecule has 0 atom stereocenters. The van der Waals surface area contributed by atoms with E-state index >= 15 is 0 Å². The van der Waals surface area contributed by atoms with E-state index in [2.05, 4.69) is 9.97 Å². The molecule has 0 aliphatic heterocycles. The van der Waals surface area contributed by atoms with Gasteiger partial charge in [0.1, 0.15) is 0 Å². The SMILES string of the molecule is O=c1[nH]ccnc1-c1cc2cccc(F)c2o1. The van der Waals surface area contributed by atoms with Crippen molar-refractivity contribution in [2.24, 2.45) is 0 Å². The van der Waals surface area contributed by atoms with Crippen molar-refractivity contribution in [1.29, 1.82) is 0 Å². The van der Waals surface area contributed by atoms with Crippen molar-refractivity contribution in [3.63, 3.8) is 0 Å². The smallest absolute Gasteiger partial charge is 0.277 e. The Labute approximate surface area is 94.7 Å². The van der Waals surface area contributed by atoms with E-state index in [1.165, 1.54) is 18.5 Å². The topological polar surface area (TPSA) is 58.9 Å². The third kappa shape index (κ3) is 1.52. The number of H-pyrrole nitrogens is 1. The molecule has 0 aliphatic carbocycles. The summed E-state index contributed by atoms with van der Waals surface area (Å²) in [5, 5.41) is 0.602. The van der Waals surface area contributed by atoms with Crippen LogP contribution in [0.1, 0.15) is 0 Å². The third-order valence-corrected chi connectivity index (χ3v) is 2.44. The minimum atomic E-state index is -0.457. The van der Waals surface area contributed by atoms with Crippen LogP contribution in [0.2, 0.25) is 0 Å². The lowest BCUT2D eigenvalue weighted by Crippen LogP contribution is -2.08. The standard InChI is InChI=1S/C12H7FN2O2/c13-8-3-1-2-7-6-9(17-11(7)8)10-12(16)15-5-4-14-10/h1-6H,(H,15,16). The van der Waals surface area contributed by atoms with Crippen molar-refractivity contribution in [2.75, 3.05) is 0 Å². The summed E-state index contributed by atoms with van der Waals surface area (Å²) in [4.78, 5) is 17.9. The van der Waals surface area contributed by atoms with Crippen LogP contribution in [0.3, 0.4) is 0 Å². The van der Waals surface area contributed by atoms with Crippen molar-refractivity contribution in [1.82, 2.24) is 9.97 Å². The molecule has 1 N–H and O–H groups in total. The second-order valence-corrected chi connectivity index (χ2v) is 3.54. The molecule has 84 valence electrons. The lowest BCUT2D eigenvalue weighted by Gasteiger charge is -1.92. The molecule has 1 aromatic carbocycles. The Bertz CT molecular complexity index is 745. The van der Waals surface area contributed by atoms with Gasteiger partial charge in [0.2, 0.25) is 0 Å². The van der Waals surface area contributed by atoms with Gasteiger partial charge in [0, 0.05) is 17.8 Å². The van der Waals surface area contributed by atoms with Gasteiger partial charge in [0.25, 0.3) is 5.56 Å². The maximum absolute atomic E-state index is 13.4. The van der Waals surface area contributed by atoms with Crippen LogP contribution in [0.5, 0.6) is 0 Å². The first-order valence-corrected chi connectivity index (χ1v) is 4.98. The van der Waals surface area contributed by atoms with Crippen LogP contribution in [0.4, 0.5) is 4.39 Å². The Morgan fingerprint density at radius 2 is 2.24 bits per heavy atom. The molecule has 0 aliphatic rings. The first-order chi connectivity index (χ1) is 8.25. The Morgan fingerprint density at radius 1 is 1.35 bits per heavy atom. The lowest BCUT2D eigenvalue weighted by atomic mass is 10.2. The van der Waals surface area contributed by atoms with Crippen LogP contribution in [0, 0.1) is 5.82 Å². The van der Waals surface area contributed by atoms with Crippen LogP contribution in [0.25, 0.3) is 22.4 Å². The lowest BCUT2D eigenvalue weighted by molar-refractivity contribution is 0.567. The summed E-state index contributed by atoms with van der Waals surface area (Å²) in [6.45, 7) is 0. The molecule has 2 aromatic heterocycles. The predicted molar refractivity (Wildman–Crippen MR) is 60.0 cm³/mol. The second-order valence-electron chi connectivity index (χ2n) is 3.54. The third-order valence-electron chi connectivity index (χ3n) is 2.44. The molecular formula is C12H7FN2O2. The van der Waals surface area contributed by atoms with E-state index in [4.69, 9.17) is 4.42 Å². The molecule has 2 heterocycles. The molecule has 3 aromatic rings. The number of para-hydroxylation sites is 1. The molecule has 0 spiro atoms. The molecule has 0 saturated carbocycles. The molecule has 0 bridgehead atoms. The van der Waals surface area contributed by atoms with E-state index in [0.717, 1.165) is 0 Å². The van der Waals surface area contributed by atoms with Crippen LogP contribution < -0.4 is 5.56 Å². The summed E-state index contributed by atoms with van der Waals surface area (Å²) < 4.78 is 18.7. The van der Waals surface area contributed by atoms with Crippen LogP contribution in [-0.2, 0) is 0 Å². The number of halogens is 1. The van der Waals surface area contributed by atoms with Gasteiger partial charge in [-0.1, -0.05) is 12.1 Å². The number of benzene rings is 1. The zero-order chi connectivity index (χ0) is 11.8. The Morgan fingerprint density at radius 3 is 3.00 bits per heavy atom. The van der Waals surface area contributed by atoms with Gasteiger partial charge in [0.15, 0.2) is 22.9 Å². The normalized spacial score (nSPS) is 10.9. The Kier molecular flexibility index (Phi) is 2.04. The number of aromatic nitrogens is 2. The highest BCUT2D eigenvalue weighted by Crippen LogP contribution is 2.26. The van der Waals surface area contributed by atoms with E-state index in [1.807, 2.05) is 0 Å². The van der Waals surface area contributed by atoms with E-state index in [1.54, 1.807) is 18.2 Å². The van der Waals surface area contributed by atoms with Crippen molar-refractivity contribution >= 4 is 11.0 Å². The summed E-state index contributed by atoms with van der Waals surface area (Å²) in [7, 11) is 0. The van der Waals surface area contributed by atoms with Crippen LogP contribution in [0.15, 0.2) is 45.9 Å². The fraction of sp³-hybridized carbons (Fsp3) is 0. The van der Waals surface area contributed by atoms with Gasteiger partial charge >= 0.3 is 0 Å². The van der Waals surface area contributed by atoms with Gasteiger partial charge in [-0.05, 0) is 12.1 Å². The molecule has 3 rings (SSSR count). The van der Waals surface area contributed by atoms with Crippen molar-refractivity contribution in [2.45, 2.75) is 0 Å². The number of hydrogen-bond donors (Lipinski definition) is 1. The minimum Gasteiger partial charge on any atom is -0.451 e. The highest BCUT2D eigenvalue weighted by molar-refractivity contribution is 5.82. The summed E-state index contributed by atoms with van der Waals surface area (Å²) in [6.07, 6.45) is 2.87. The second kappa shape index (κ2) is 3.55. The summed E-state index contributed by atoms with van der Waals surface area (Å²) in [6, 6.07) is 6.19. The fourth-order valence-corrected chi connectivity index (χ4v) is 1.67. The molecule has 4 nitrogen and oxygen atoms in total. The number of rotatable bonds is 1. The monoisotopic (exact) mass is 230 g/mol. The van der Waals surface area contributed by atoms with E-state index in [0.29, 0.717) is 5.39 Å². The van der Waals surface area contributed by atoms with Gasteiger partial charge in [-0.15, -0.1) is 0 Å². The van der Waals surface area contributed by atoms with Crippen molar-refractivity contribution in [3.05, 3.63) is 52.8 Å². The maximum atomic E-state index is 13.4. The zero-order valence-electron chi connectivity index (χ0n) is 8.61. The number of furan rings is 1. The summed E-state index contributed by atoms with van der Waals surface area (Å²) >= 11 is 0. The van der Waals surface area contributed by atoms with Crippen LogP contribution in [-0.4, -0.2) is 9.97 Å². The first kappa shape index (κ1) is 9.77. The highest BCUT2D eigenvalue weighted by atomic mass is 19.1. The molecule has 17 heavy (non-hydrogen) atoms.